The van der Waals surface area contributed by atoms with Crippen molar-refractivity contribution in [3.05, 3.63) is 61.3 Å². The van der Waals surface area contributed by atoms with Crippen LogP contribution in [0, 0.1) is 0 Å². The average Bonchev–Trinajstić information content (AvgIpc) is 2.87. The highest BCUT2D eigenvalue weighted by molar-refractivity contribution is 9.10. The summed E-state index contributed by atoms with van der Waals surface area (Å²) in [6.07, 6.45) is 0. The molecule has 2 nitrogen and oxygen atoms in total. The number of hydrogen-bond donors (Lipinski definition) is 1. The Balaban J connectivity index is 2.17. The van der Waals surface area contributed by atoms with E-state index in [0.29, 0.717) is 0 Å². The number of para-hydroxylation sites is 1. The van der Waals surface area contributed by atoms with Crippen molar-refractivity contribution in [3.63, 3.8) is 0 Å². The third kappa shape index (κ3) is 2.55. The third-order valence-corrected chi connectivity index (χ3v) is 5.74. The number of rotatable bonds is 3. The first-order chi connectivity index (χ1) is 9.70. The van der Waals surface area contributed by atoms with E-state index < -0.39 is 0 Å². The van der Waals surface area contributed by atoms with E-state index >= 15 is 0 Å². The minimum Gasteiger partial charge on any atom is -0.307 e. The zero-order valence-electron chi connectivity index (χ0n) is 10.7. The number of aromatic nitrogens is 1. The molecular weight excluding hydrogens is 400 g/mol. The molecule has 1 N–H and O–H groups in total. The van der Waals surface area contributed by atoms with Crippen LogP contribution in [0.4, 0.5) is 0 Å². The van der Waals surface area contributed by atoms with E-state index in [0.717, 1.165) is 25.5 Å². The molecule has 5 heteroatoms. The predicted octanol–water partition coefficient (Wildman–Crippen LogP) is 5.13. The van der Waals surface area contributed by atoms with Crippen LogP contribution in [0.5, 0.6) is 0 Å². The Kier molecular flexibility index (Phi) is 4.21. The topological polar surface area (TPSA) is 24.9 Å². The van der Waals surface area contributed by atoms with Crippen molar-refractivity contribution in [1.82, 2.24) is 10.3 Å². The van der Waals surface area contributed by atoms with Crippen LogP contribution in [-0.4, -0.2) is 12.0 Å². The maximum Gasteiger partial charge on any atom is 0.0865 e. The van der Waals surface area contributed by atoms with Gasteiger partial charge in [0, 0.05) is 19.2 Å². The van der Waals surface area contributed by atoms with Gasteiger partial charge in [0.15, 0.2) is 0 Å². The Labute approximate surface area is 138 Å². The molecule has 0 amide bonds. The maximum atomic E-state index is 4.82. The number of hydrogen-bond acceptors (Lipinski definition) is 3. The van der Waals surface area contributed by atoms with Gasteiger partial charge in [-0.15, -0.1) is 11.3 Å². The fourth-order valence-corrected chi connectivity index (χ4v) is 4.49. The van der Waals surface area contributed by atoms with E-state index in [1.54, 1.807) is 11.3 Å². The Hall–Kier alpha value is -0.750. The Bertz CT molecular complexity index is 754. The normalized spacial score (nSPS) is 12.8. The van der Waals surface area contributed by atoms with Gasteiger partial charge in [-0.2, -0.15) is 0 Å². The van der Waals surface area contributed by atoms with Gasteiger partial charge in [0.25, 0.3) is 0 Å². The van der Waals surface area contributed by atoms with Crippen LogP contribution in [0.15, 0.2) is 50.7 Å². The smallest absolute Gasteiger partial charge is 0.0865 e. The number of fused-ring (bicyclic) bond motifs is 1. The van der Waals surface area contributed by atoms with Gasteiger partial charge < -0.3 is 5.32 Å². The van der Waals surface area contributed by atoms with Crippen molar-refractivity contribution in [1.29, 1.82) is 0 Å². The van der Waals surface area contributed by atoms with Crippen LogP contribution < -0.4 is 5.32 Å². The van der Waals surface area contributed by atoms with Crippen molar-refractivity contribution in [2.24, 2.45) is 0 Å². The van der Waals surface area contributed by atoms with E-state index in [2.05, 4.69) is 60.8 Å². The highest BCUT2D eigenvalue weighted by Gasteiger charge is 2.20. The van der Waals surface area contributed by atoms with E-state index in [4.69, 9.17) is 4.98 Å². The molecule has 0 fully saturated rings. The summed E-state index contributed by atoms with van der Waals surface area (Å²) in [5.41, 5.74) is 2.02. The third-order valence-electron chi connectivity index (χ3n) is 3.17. The lowest BCUT2D eigenvalue weighted by Crippen LogP contribution is -2.18. The second-order valence-electron chi connectivity index (χ2n) is 4.40. The van der Waals surface area contributed by atoms with E-state index in [-0.39, 0.29) is 6.04 Å². The van der Waals surface area contributed by atoms with Crippen LogP contribution in [0.25, 0.3) is 10.9 Å². The van der Waals surface area contributed by atoms with Crippen molar-refractivity contribution in [2.75, 3.05) is 7.05 Å². The zero-order valence-corrected chi connectivity index (χ0v) is 14.7. The highest BCUT2D eigenvalue weighted by Crippen LogP contribution is 2.36. The molecule has 1 atom stereocenters. The van der Waals surface area contributed by atoms with Gasteiger partial charge in [0.2, 0.25) is 0 Å². The van der Waals surface area contributed by atoms with E-state index in [9.17, 15) is 0 Å². The molecule has 102 valence electrons. The minimum atomic E-state index is 0.0726. The van der Waals surface area contributed by atoms with Crippen LogP contribution >= 0.6 is 43.2 Å². The SMILES string of the molecule is CNC(c1nc2ccccc2cc1Br)c1sccc1Br. The van der Waals surface area contributed by atoms with Crippen LogP contribution in [0.1, 0.15) is 16.6 Å². The Morgan fingerprint density at radius 2 is 1.95 bits per heavy atom. The second kappa shape index (κ2) is 5.93. The standard InChI is InChI=1S/C15H12Br2N2S/c1-18-14(15-10(16)6-7-20-15)13-11(17)8-9-4-2-3-5-12(9)19-13/h2-8,14,18H,1H3. The van der Waals surface area contributed by atoms with Gasteiger partial charge in [-0.1, -0.05) is 18.2 Å². The molecule has 1 unspecified atom stereocenters. The van der Waals surface area contributed by atoms with Gasteiger partial charge in [-0.3, -0.25) is 0 Å². The summed E-state index contributed by atoms with van der Waals surface area (Å²) in [6, 6.07) is 12.4. The predicted molar refractivity (Wildman–Crippen MR) is 92.4 cm³/mol. The zero-order chi connectivity index (χ0) is 14.1. The van der Waals surface area contributed by atoms with Crippen LogP contribution in [0.3, 0.4) is 0 Å². The average molecular weight is 412 g/mol. The number of nitrogens with one attached hydrogen (secondary N) is 1. The lowest BCUT2D eigenvalue weighted by atomic mass is 10.1. The molecule has 0 spiro atoms. The number of pyridine rings is 1. The van der Waals surface area contributed by atoms with Gasteiger partial charge >= 0.3 is 0 Å². The molecule has 0 bridgehead atoms. The molecule has 3 rings (SSSR count). The molecule has 0 saturated heterocycles. The molecule has 20 heavy (non-hydrogen) atoms. The monoisotopic (exact) mass is 410 g/mol. The van der Waals surface area contributed by atoms with Gasteiger partial charge in [0.05, 0.1) is 17.3 Å². The molecule has 0 aliphatic carbocycles. The molecule has 1 aromatic carbocycles. The van der Waals surface area contributed by atoms with Gasteiger partial charge in [0.1, 0.15) is 0 Å². The molecule has 2 heterocycles. The first-order valence-electron chi connectivity index (χ1n) is 6.16. The summed E-state index contributed by atoms with van der Waals surface area (Å²) in [4.78, 5) is 6.05. The molecule has 0 saturated carbocycles. The number of halogens is 2. The molecule has 2 aromatic heterocycles. The summed E-state index contributed by atoms with van der Waals surface area (Å²) in [5.74, 6) is 0. The highest BCUT2D eigenvalue weighted by atomic mass is 79.9. The molecule has 0 aliphatic rings. The lowest BCUT2D eigenvalue weighted by molar-refractivity contribution is 0.679. The number of nitrogens with zero attached hydrogens (tertiary/aromatic N) is 1. The molecule has 0 aliphatic heterocycles. The maximum absolute atomic E-state index is 4.82. The summed E-state index contributed by atoms with van der Waals surface area (Å²) >= 11 is 8.98. The van der Waals surface area contributed by atoms with Gasteiger partial charge in [-0.25, -0.2) is 4.98 Å². The Morgan fingerprint density at radius 1 is 1.15 bits per heavy atom. The fourth-order valence-electron chi connectivity index (χ4n) is 2.21. The van der Waals surface area contributed by atoms with Crippen molar-refractivity contribution in [3.8, 4) is 0 Å². The Morgan fingerprint density at radius 3 is 2.65 bits per heavy atom. The minimum absolute atomic E-state index is 0.0726. The number of thiophene rings is 1. The summed E-state index contributed by atoms with van der Waals surface area (Å²) in [5, 5.41) is 6.58. The van der Waals surface area contributed by atoms with E-state index in [1.165, 1.54) is 4.88 Å². The summed E-state index contributed by atoms with van der Waals surface area (Å²) < 4.78 is 2.14. The quantitative estimate of drug-likeness (QED) is 0.646. The fraction of sp³-hybridized carbons (Fsp3) is 0.133. The largest absolute Gasteiger partial charge is 0.307 e. The van der Waals surface area contributed by atoms with E-state index in [1.807, 2.05) is 25.2 Å². The summed E-state index contributed by atoms with van der Waals surface area (Å²) in [7, 11) is 1.96. The summed E-state index contributed by atoms with van der Waals surface area (Å²) in [6.45, 7) is 0. The first-order valence-corrected chi connectivity index (χ1v) is 8.62. The molecule has 0 radical (unpaired) electrons. The van der Waals surface area contributed by atoms with Crippen molar-refractivity contribution in [2.45, 2.75) is 6.04 Å². The van der Waals surface area contributed by atoms with Crippen LogP contribution in [0.2, 0.25) is 0 Å². The number of benzene rings is 1. The molecular formula is C15H12Br2N2S. The van der Waals surface area contributed by atoms with Crippen molar-refractivity contribution >= 4 is 54.1 Å². The lowest BCUT2D eigenvalue weighted by Gasteiger charge is -2.17. The molecule has 3 aromatic rings. The van der Waals surface area contributed by atoms with Crippen LogP contribution in [-0.2, 0) is 0 Å². The second-order valence-corrected chi connectivity index (χ2v) is 7.06. The van der Waals surface area contributed by atoms with Crippen molar-refractivity contribution < 1.29 is 0 Å². The van der Waals surface area contributed by atoms with Gasteiger partial charge in [-0.05, 0) is 62.5 Å². The first kappa shape index (κ1) is 14.2.